The molecule has 0 radical (unpaired) electrons. The van der Waals surface area contributed by atoms with Gasteiger partial charge in [0.2, 0.25) is 0 Å². The first kappa shape index (κ1) is 42.2. The van der Waals surface area contributed by atoms with Crippen molar-refractivity contribution < 1.29 is 8.83 Å². The molecule has 0 fully saturated rings. The highest BCUT2D eigenvalue weighted by atomic mass is 16.3. The highest BCUT2D eigenvalue weighted by molar-refractivity contribution is 6.15. The molecule has 0 aliphatic heterocycles. The average Bonchev–Trinajstić information content (AvgIpc) is 3.94. The molecule has 2 heterocycles. The first-order valence-corrected chi connectivity index (χ1v) is 24.1. The molecule has 69 heavy (non-hydrogen) atoms. The Balaban J connectivity index is 1.11. The largest absolute Gasteiger partial charge is 0.456 e. The van der Waals surface area contributed by atoms with Gasteiger partial charge in [0.05, 0.1) is 11.4 Å². The summed E-state index contributed by atoms with van der Waals surface area (Å²) in [5.74, 6) is 0. The molecule has 12 aromatic rings. The van der Waals surface area contributed by atoms with Crippen molar-refractivity contribution in [2.45, 2.75) is 52.4 Å². The summed E-state index contributed by atoms with van der Waals surface area (Å²) in [6.45, 7) is 13.9. The number of rotatable bonds is 7. The highest BCUT2D eigenvalue weighted by Crippen LogP contribution is 2.50. The van der Waals surface area contributed by atoms with Gasteiger partial charge in [-0.1, -0.05) is 199 Å². The Kier molecular flexibility index (Phi) is 9.97. The second-order valence-electron chi connectivity index (χ2n) is 20.5. The van der Waals surface area contributed by atoms with Crippen LogP contribution in [0.4, 0.5) is 17.1 Å². The number of hydrogen-bond acceptors (Lipinski definition) is 3. The van der Waals surface area contributed by atoms with Gasteiger partial charge in [0.1, 0.15) is 22.3 Å². The Hall–Kier alpha value is -8.14. The minimum Gasteiger partial charge on any atom is -0.456 e. The minimum absolute atomic E-state index is 0.0245. The molecule has 0 spiro atoms. The summed E-state index contributed by atoms with van der Waals surface area (Å²) in [5.41, 5.74) is 18.5. The molecule has 0 atom stereocenters. The van der Waals surface area contributed by atoms with Gasteiger partial charge in [0.25, 0.3) is 0 Å². The van der Waals surface area contributed by atoms with Gasteiger partial charge in [-0.2, -0.15) is 0 Å². The third-order valence-electron chi connectivity index (χ3n) is 14.0. The quantitative estimate of drug-likeness (QED) is 0.160. The molecule has 3 heteroatoms. The summed E-state index contributed by atoms with van der Waals surface area (Å²) in [6.07, 6.45) is 0. The van der Waals surface area contributed by atoms with Crippen LogP contribution in [0.3, 0.4) is 0 Å². The van der Waals surface area contributed by atoms with E-state index < -0.39 is 0 Å². The fourth-order valence-corrected chi connectivity index (χ4v) is 10.4. The van der Waals surface area contributed by atoms with Crippen LogP contribution in [0.1, 0.15) is 52.7 Å². The molecule has 0 saturated carbocycles. The minimum atomic E-state index is -0.0245. The smallest absolute Gasteiger partial charge is 0.136 e. The van der Waals surface area contributed by atoms with Crippen LogP contribution in [0.2, 0.25) is 0 Å². The first-order chi connectivity index (χ1) is 33.5. The van der Waals surface area contributed by atoms with Crippen molar-refractivity contribution >= 4 is 71.7 Å². The zero-order valence-electron chi connectivity index (χ0n) is 40.0. The predicted octanol–water partition coefficient (Wildman–Crippen LogP) is 19.4. The maximum Gasteiger partial charge on any atom is 0.136 e. The first-order valence-electron chi connectivity index (χ1n) is 24.1. The molecule has 10 aromatic carbocycles. The van der Waals surface area contributed by atoms with Crippen LogP contribution in [0.25, 0.3) is 99.2 Å². The second kappa shape index (κ2) is 16.3. The van der Waals surface area contributed by atoms with Crippen LogP contribution in [-0.2, 0) is 10.8 Å². The van der Waals surface area contributed by atoms with E-state index in [-0.39, 0.29) is 10.8 Å². The molecule has 3 nitrogen and oxygen atoms in total. The highest BCUT2D eigenvalue weighted by Gasteiger charge is 2.26. The van der Waals surface area contributed by atoms with Crippen molar-refractivity contribution in [3.8, 4) is 44.5 Å². The number of fused-ring (bicyclic) bond motifs is 7. The summed E-state index contributed by atoms with van der Waals surface area (Å²) in [7, 11) is 0. The maximum atomic E-state index is 6.49. The number of hydrogen-bond donors (Lipinski definition) is 0. The lowest BCUT2D eigenvalue weighted by Crippen LogP contribution is -2.16. The monoisotopic (exact) mass is 891 g/mol. The standard InChI is InChI=1S/C66H53NO2/c1-65(2,3)46-37-45(38-47(41-46)66(4,5)6)49-27-16-19-42-20-17-28-54(63(42)49)50-23-7-11-30-57(50)67(48-22-15-21-43(39-48)44-35-36-53-52-25-9-13-32-59(52)69-62(53)40-44)58-31-12-8-24-51(58)55-29-18-34-61-64(55)56-26-10-14-33-60(56)68-61/h7-41H,1-6H3. The fourth-order valence-electron chi connectivity index (χ4n) is 10.4. The summed E-state index contributed by atoms with van der Waals surface area (Å²) < 4.78 is 12.9. The Morgan fingerprint density at radius 2 is 0.812 bits per heavy atom. The van der Waals surface area contributed by atoms with E-state index in [4.69, 9.17) is 8.83 Å². The topological polar surface area (TPSA) is 29.5 Å². The van der Waals surface area contributed by atoms with Crippen molar-refractivity contribution in [2.75, 3.05) is 4.90 Å². The molecule has 0 N–H and O–H groups in total. The van der Waals surface area contributed by atoms with Crippen LogP contribution in [-0.4, -0.2) is 0 Å². The molecular weight excluding hydrogens is 839 g/mol. The predicted molar refractivity (Wildman–Crippen MR) is 292 cm³/mol. The van der Waals surface area contributed by atoms with Crippen LogP contribution in [0, 0.1) is 0 Å². The molecule has 0 aliphatic carbocycles. The van der Waals surface area contributed by atoms with E-state index in [0.717, 1.165) is 88.8 Å². The summed E-state index contributed by atoms with van der Waals surface area (Å²) >= 11 is 0. The zero-order chi connectivity index (χ0) is 47.0. The molecule has 2 aromatic heterocycles. The van der Waals surface area contributed by atoms with Gasteiger partial charge in [-0.15, -0.1) is 0 Å². The molecule has 0 bridgehead atoms. The molecule has 334 valence electrons. The van der Waals surface area contributed by atoms with E-state index in [2.05, 4.69) is 241 Å². The molecule has 0 amide bonds. The normalized spacial score (nSPS) is 12.2. The Bertz CT molecular complexity index is 3910. The van der Waals surface area contributed by atoms with Crippen molar-refractivity contribution in [2.24, 2.45) is 0 Å². The van der Waals surface area contributed by atoms with Crippen molar-refractivity contribution in [3.05, 3.63) is 223 Å². The summed E-state index contributed by atoms with van der Waals surface area (Å²) in [4.78, 5) is 2.47. The van der Waals surface area contributed by atoms with Gasteiger partial charge in [-0.25, -0.2) is 0 Å². The Morgan fingerprint density at radius 1 is 0.319 bits per heavy atom. The van der Waals surface area contributed by atoms with Crippen LogP contribution >= 0.6 is 0 Å². The number of anilines is 3. The molecule has 0 saturated heterocycles. The summed E-state index contributed by atoms with van der Waals surface area (Å²) in [6, 6.07) is 77.2. The summed E-state index contributed by atoms with van der Waals surface area (Å²) in [5, 5.41) is 6.88. The van der Waals surface area contributed by atoms with E-state index in [9.17, 15) is 0 Å². The van der Waals surface area contributed by atoms with Crippen LogP contribution < -0.4 is 4.90 Å². The van der Waals surface area contributed by atoms with Gasteiger partial charge in [0.15, 0.2) is 0 Å². The molecular formula is C66H53NO2. The van der Waals surface area contributed by atoms with Gasteiger partial charge >= 0.3 is 0 Å². The average molecular weight is 892 g/mol. The van der Waals surface area contributed by atoms with E-state index in [1.165, 1.54) is 38.6 Å². The van der Waals surface area contributed by atoms with Crippen molar-refractivity contribution in [1.82, 2.24) is 0 Å². The van der Waals surface area contributed by atoms with Gasteiger partial charge in [0, 0.05) is 38.4 Å². The van der Waals surface area contributed by atoms with E-state index in [0.29, 0.717) is 0 Å². The number of furan rings is 2. The zero-order valence-corrected chi connectivity index (χ0v) is 40.0. The fraction of sp³-hybridized carbons (Fsp3) is 0.121. The van der Waals surface area contributed by atoms with E-state index >= 15 is 0 Å². The maximum absolute atomic E-state index is 6.49. The van der Waals surface area contributed by atoms with Crippen LogP contribution in [0.15, 0.2) is 221 Å². The van der Waals surface area contributed by atoms with Gasteiger partial charge < -0.3 is 13.7 Å². The van der Waals surface area contributed by atoms with Gasteiger partial charge in [-0.05, 0) is 121 Å². The Labute approximate surface area is 403 Å². The van der Waals surface area contributed by atoms with Crippen molar-refractivity contribution in [1.29, 1.82) is 0 Å². The SMILES string of the molecule is CC(C)(C)c1cc(-c2cccc3cccc(-c4ccccc4N(c4cccc(-c5ccc6c(c5)oc5ccccc56)c4)c4ccccc4-c4cccc5oc6ccccc6c45)c23)cc(C(C)(C)C)c1. The number of nitrogens with zero attached hydrogens (tertiary/aromatic N) is 1. The van der Waals surface area contributed by atoms with Gasteiger partial charge in [-0.3, -0.25) is 0 Å². The molecule has 0 unspecified atom stereocenters. The third-order valence-corrected chi connectivity index (χ3v) is 14.0. The lowest BCUT2D eigenvalue weighted by atomic mass is 9.78. The number of benzene rings is 10. The van der Waals surface area contributed by atoms with E-state index in [1.54, 1.807) is 0 Å². The van der Waals surface area contributed by atoms with Crippen molar-refractivity contribution in [3.63, 3.8) is 0 Å². The number of para-hydroxylation sites is 4. The van der Waals surface area contributed by atoms with Crippen LogP contribution in [0.5, 0.6) is 0 Å². The Morgan fingerprint density at radius 3 is 1.49 bits per heavy atom. The third kappa shape index (κ3) is 7.37. The molecule has 12 rings (SSSR count). The van der Waals surface area contributed by atoms with E-state index in [1.807, 2.05) is 18.2 Å². The lowest BCUT2D eigenvalue weighted by Gasteiger charge is -2.31. The second-order valence-corrected chi connectivity index (χ2v) is 20.5. The molecule has 0 aliphatic rings. The lowest BCUT2D eigenvalue weighted by molar-refractivity contribution is 0.569.